The number of aryl methyl sites for hydroxylation is 1. The van der Waals surface area contributed by atoms with Gasteiger partial charge in [-0.15, -0.1) is 11.3 Å². The van der Waals surface area contributed by atoms with Crippen molar-refractivity contribution in [1.29, 1.82) is 0 Å². The van der Waals surface area contributed by atoms with Crippen molar-refractivity contribution in [3.05, 3.63) is 10.7 Å². The van der Waals surface area contributed by atoms with E-state index >= 15 is 0 Å². The topological polar surface area (TPSA) is 77.5 Å². The van der Waals surface area contributed by atoms with Gasteiger partial charge in [0, 0.05) is 0 Å². The molecule has 106 valence electrons. The summed E-state index contributed by atoms with van der Waals surface area (Å²) in [7, 11) is 0. The number of nitrogens with one attached hydrogen (secondary N) is 1. The summed E-state index contributed by atoms with van der Waals surface area (Å²) in [6, 6.07) is 0. The Morgan fingerprint density at radius 1 is 1.32 bits per heavy atom. The number of hydrogen-bond acceptors (Lipinski definition) is 6. The predicted molar refractivity (Wildman–Crippen MR) is 72.7 cm³/mol. The third-order valence-corrected chi connectivity index (χ3v) is 3.04. The molecule has 1 heterocycles. The van der Waals surface area contributed by atoms with Crippen LogP contribution in [0.5, 0.6) is 0 Å². The normalized spacial score (nSPS) is 10.1. The molecule has 19 heavy (non-hydrogen) atoms. The van der Waals surface area contributed by atoms with Crippen molar-refractivity contribution in [2.24, 2.45) is 0 Å². The van der Waals surface area contributed by atoms with Gasteiger partial charge in [-0.3, -0.25) is 5.32 Å². The van der Waals surface area contributed by atoms with Gasteiger partial charge < -0.3 is 9.47 Å². The van der Waals surface area contributed by atoms with Crippen molar-refractivity contribution >= 4 is 28.4 Å². The number of amides is 1. The maximum absolute atomic E-state index is 11.7. The fraction of sp³-hybridized carbons (Fsp3) is 0.583. The summed E-state index contributed by atoms with van der Waals surface area (Å²) in [5.74, 6) is -0.546. The average Bonchev–Trinajstić information content (AvgIpc) is 2.71. The number of aromatic nitrogens is 1. The maximum atomic E-state index is 11.7. The maximum Gasteiger partial charge on any atom is 0.412 e. The Morgan fingerprint density at radius 2 is 2.05 bits per heavy atom. The van der Waals surface area contributed by atoms with Gasteiger partial charge in [-0.2, -0.15) is 0 Å². The minimum atomic E-state index is -0.581. The van der Waals surface area contributed by atoms with Crippen LogP contribution in [0.4, 0.5) is 9.80 Å². The smallest absolute Gasteiger partial charge is 0.412 e. The summed E-state index contributed by atoms with van der Waals surface area (Å²) < 4.78 is 9.84. The lowest BCUT2D eigenvalue weighted by atomic mass is 10.4. The number of unbranched alkanes of at least 4 members (excludes halogenated alkanes) is 1. The monoisotopic (exact) mass is 286 g/mol. The van der Waals surface area contributed by atoms with Gasteiger partial charge in [0.2, 0.25) is 0 Å². The third-order valence-electron chi connectivity index (χ3n) is 2.15. The highest BCUT2D eigenvalue weighted by atomic mass is 32.1. The summed E-state index contributed by atoms with van der Waals surface area (Å²) in [4.78, 5) is 27.2. The molecule has 0 fully saturated rings. The summed E-state index contributed by atoms with van der Waals surface area (Å²) in [6.45, 7) is 6.08. The van der Waals surface area contributed by atoms with Crippen molar-refractivity contribution in [1.82, 2.24) is 4.98 Å². The zero-order chi connectivity index (χ0) is 14.3. The lowest BCUT2D eigenvalue weighted by molar-refractivity contribution is 0.0521. The molecular formula is C12H18N2O4S. The molecule has 0 radical (unpaired) electrons. The minimum absolute atomic E-state index is 0.122. The van der Waals surface area contributed by atoms with E-state index in [9.17, 15) is 9.59 Å². The molecule has 6 nitrogen and oxygen atoms in total. The van der Waals surface area contributed by atoms with Crippen LogP contribution in [0.15, 0.2) is 0 Å². The van der Waals surface area contributed by atoms with E-state index in [4.69, 9.17) is 9.47 Å². The van der Waals surface area contributed by atoms with Gasteiger partial charge in [-0.25, -0.2) is 14.6 Å². The zero-order valence-corrected chi connectivity index (χ0v) is 12.1. The zero-order valence-electron chi connectivity index (χ0n) is 11.3. The van der Waals surface area contributed by atoms with E-state index in [1.54, 1.807) is 13.8 Å². The number of carbonyl (C=O) groups is 2. The van der Waals surface area contributed by atoms with E-state index in [2.05, 4.69) is 10.3 Å². The van der Waals surface area contributed by atoms with E-state index in [1.807, 2.05) is 6.92 Å². The first-order valence-corrected chi connectivity index (χ1v) is 6.98. The Morgan fingerprint density at radius 3 is 2.68 bits per heavy atom. The lowest BCUT2D eigenvalue weighted by Gasteiger charge is -2.05. The van der Waals surface area contributed by atoms with Crippen LogP contribution in [0.2, 0.25) is 0 Å². The number of nitrogens with zero attached hydrogens (tertiary/aromatic N) is 1. The third kappa shape index (κ3) is 4.86. The highest BCUT2D eigenvalue weighted by Crippen LogP contribution is 2.25. The number of thiazole rings is 1. The second-order valence-corrected chi connectivity index (χ2v) is 4.95. The van der Waals surface area contributed by atoms with Gasteiger partial charge in [0.05, 0.1) is 18.2 Å². The molecule has 0 unspecified atom stereocenters. The predicted octanol–water partition coefficient (Wildman–Crippen LogP) is 2.98. The van der Waals surface area contributed by atoms with Crippen LogP contribution in [-0.2, 0) is 9.47 Å². The molecular weight excluding hydrogens is 268 g/mol. The molecule has 1 aromatic rings. The van der Waals surface area contributed by atoms with Crippen LogP contribution < -0.4 is 5.32 Å². The number of anilines is 1. The van der Waals surface area contributed by atoms with Crippen LogP contribution in [0.3, 0.4) is 0 Å². The molecule has 0 aliphatic heterocycles. The fourth-order valence-corrected chi connectivity index (χ4v) is 2.08. The van der Waals surface area contributed by atoms with Gasteiger partial charge in [-0.05, 0) is 20.3 Å². The molecule has 0 bridgehead atoms. The van der Waals surface area contributed by atoms with Gasteiger partial charge in [0.1, 0.15) is 5.00 Å². The summed E-state index contributed by atoms with van der Waals surface area (Å²) in [6.07, 6.45) is 1.17. The lowest BCUT2D eigenvalue weighted by Crippen LogP contribution is -2.16. The standard InChI is InChI=1S/C12H18N2O4S/c1-4-6-7-18-12(16)14-10-9(11(15)17-5-2)13-8(3)19-10/h4-7H2,1-3H3,(H,14,16). The number of hydrogen-bond donors (Lipinski definition) is 1. The van der Waals surface area contributed by atoms with Crippen LogP contribution in [-0.4, -0.2) is 30.3 Å². The van der Waals surface area contributed by atoms with Crippen molar-refractivity contribution in [2.45, 2.75) is 33.6 Å². The van der Waals surface area contributed by atoms with Crippen LogP contribution >= 0.6 is 11.3 Å². The fourth-order valence-electron chi connectivity index (χ4n) is 1.29. The highest BCUT2D eigenvalue weighted by Gasteiger charge is 2.20. The van der Waals surface area contributed by atoms with E-state index in [-0.39, 0.29) is 12.3 Å². The highest BCUT2D eigenvalue weighted by molar-refractivity contribution is 7.16. The molecule has 0 aliphatic rings. The number of ether oxygens (including phenoxy) is 2. The molecule has 0 aliphatic carbocycles. The van der Waals surface area contributed by atoms with Gasteiger partial charge >= 0.3 is 12.1 Å². The Bertz CT molecular complexity index is 445. The second kappa shape index (κ2) is 7.73. The summed E-state index contributed by atoms with van der Waals surface area (Å²) in [5.41, 5.74) is 0.122. The van der Waals surface area contributed by atoms with Crippen molar-refractivity contribution in [2.75, 3.05) is 18.5 Å². The largest absolute Gasteiger partial charge is 0.461 e. The molecule has 1 N–H and O–H groups in total. The number of esters is 1. The Labute approximate surface area is 116 Å². The van der Waals surface area contributed by atoms with E-state index in [0.29, 0.717) is 16.6 Å². The molecule has 0 saturated carbocycles. The Kier molecular flexibility index (Phi) is 6.27. The van der Waals surface area contributed by atoms with Crippen molar-refractivity contribution < 1.29 is 19.1 Å². The summed E-state index contributed by atoms with van der Waals surface area (Å²) >= 11 is 1.21. The molecule has 0 spiro atoms. The first-order valence-electron chi connectivity index (χ1n) is 6.16. The average molecular weight is 286 g/mol. The summed E-state index contributed by atoms with van der Waals surface area (Å²) in [5, 5.41) is 3.56. The molecule has 7 heteroatoms. The van der Waals surface area contributed by atoms with E-state index < -0.39 is 12.1 Å². The van der Waals surface area contributed by atoms with Crippen molar-refractivity contribution in [3.8, 4) is 0 Å². The molecule has 1 aromatic heterocycles. The first-order chi connectivity index (χ1) is 9.08. The Balaban J connectivity index is 2.67. The second-order valence-electron chi connectivity index (χ2n) is 3.75. The molecule has 1 amide bonds. The van der Waals surface area contributed by atoms with Gasteiger partial charge in [-0.1, -0.05) is 13.3 Å². The molecule has 1 rings (SSSR count). The van der Waals surface area contributed by atoms with Crippen LogP contribution in [0, 0.1) is 6.92 Å². The first kappa shape index (κ1) is 15.4. The van der Waals surface area contributed by atoms with Crippen LogP contribution in [0.25, 0.3) is 0 Å². The quantitative estimate of drug-likeness (QED) is 0.642. The van der Waals surface area contributed by atoms with Crippen LogP contribution in [0.1, 0.15) is 42.2 Å². The van der Waals surface area contributed by atoms with Gasteiger partial charge in [0.15, 0.2) is 5.69 Å². The SMILES string of the molecule is CCCCOC(=O)Nc1sc(C)nc1C(=O)OCC. The number of carbonyl (C=O) groups excluding carboxylic acids is 2. The van der Waals surface area contributed by atoms with Gasteiger partial charge in [0.25, 0.3) is 0 Å². The molecule has 0 saturated heterocycles. The molecule has 0 aromatic carbocycles. The van der Waals surface area contributed by atoms with E-state index in [1.165, 1.54) is 11.3 Å². The van der Waals surface area contributed by atoms with E-state index in [0.717, 1.165) is 12.8 Å². The molecule has 0 atom stereocenters. The Hall–Kier alpha value is -1.63. The minimum Gasteiger partial charge on any atom is -0.461 e. The number of rotatable bonds is 6. The van der Waals surface area contributed by atoms with Crippen molar-refractivity contribution in [3.63, 3.8) is 0 Å².